The third-order valence-corrected chi connectivity index (χ3v) is 9.18. The van der Waals surface area contributed by atoms with E-state index in [4.69, 9.17) is 4.99 Å². The van der Waals surface area contributed by atoms with E-state index in [0.29, 0.717) is 25.9 Å². The molecule has 0 saturated heterocycles. The number of amides is 1. The number of rotatable bonds is 12. The lowest BCUT2D eigenvalue weighted by atomic mass is 9.78. The monoisotopic (exact) mass is 659 g/mol. The van der Waals surface area contributed by atoms with E-state index in [9.17, 15) is 14.7 Å². The number of carbonyl (C=O) groups excluding carboxylic acids is 2. The molecule has 8 heteroatoms. The maximum absolute atomic E-state index is 13.2. The van der Waals surface area contributed by atoms with Crippen molar-refractivity contribution >= 4 is 18.0 Å². The number of hydrogen-bond donors (Lipinski definition) is 3. The molecule has 2 atom stereocenters. The minimum absolute atomic E-state index is 0.0240. The predicted molar refractivity (Wildman–Crippen MR) is 199 cm³/mol. The maximum Gasteiger partial charge on any atom is 0.231 e. The van der Waals surface area contributed by atoms with Gasteiger partial charge in [0, 0.05) is 38.6 Å². The van der Waals surface area contributed by atoms with Gasteiger partial charge in [0.1, 0.15) is 23.9 Å². The Labute approximate surface area is 290 Å². The van der Waals surface area contributed by atoms with Gasteiger partial charge in [-0.25, -0.2) is 0 Å². The molecule has 0 spiro atoms. The first-order valence-corrected chi connectivity index (χ1v) is 18.1. The number of aliphatic imine (C=N–C) groups is 1. The number of amidine groups is 1. The Morgan fingerprint density at radius 1 is 1.06 bits per heavy atom. The summed E-state index contributed by atoms with van der Waals surface area (Å²) < 4.78 is 0. The van der Waals surface area contributed by atoms with Crippen LogP contribution in [0, 0.1) is 0 Å². The molecular formula is C40H61N5O3. The van der Waals surface area contributed by atoms with Crippen molar-refractivity contribution in [3.05, 3.63) is 88.8 Å². The zero-order valence-corrected chi connectivity index (χ0v) is 30.8. The lowest BCUT2D eigenvalue weighted by molar-refractivity contribution is -0.126. The molecule has 2 fully saturated rings. The average Bonchev–Trinajstić information content (AvgIpc) is 3.53. The second kappa shape index (κ2) is 20.7. The summed E-state index contributed by atoms with van der Waals surface area (Å²) in [6, 6.07) is 12.1. The fourth-order valence-corrected chi connectivity index (χ4v) is 6.75. The topological polar surface area (TPSA) is 107 Å². The maximum atomic E-state index is 13.2. The van der Waals surface area contributed by atoms with Crippen LogP contribution in [0.15, 0.2) is 77.1 Å². The molecular weight excluding hydrogens is 598 g/mol. The third-order valence-electron chi connectivity index (χ3n) is 9.18. The molecule has 264 valence electrons. The van der Waals surface area contributed by atoms with E-state index in [-0.39, 0.29) is 5.91 Å². The molecule has 1 aromatic carbocycles. The molecule has 0 bridgehead atoms. The highest BCUT2D eigenvalue weighted by Crippen LogP contribution is 2.47. The molecule has 8 nitrogen and oxygen atoms in total. The number of aliphatic hydroxyl groups excluding tert-OH is 1. The molecule has 4 rings (SSSR count). The largest absolute Gasteiger partial charge is 0.377 e. The highest BCUT2D eigenvalue weighted by molar-refractivity contribution is 6.01. The summed E-state index contributed by atoms with van der Waals surface area (Å²) in [5.41, 5.74) is 3.90. The van der Waals surface area contributed by atoms with E-state index < -0.39 is 17.2 Å². The summed E-state index contributed by atoms with van der Waals surface area (Å²) in [5, 5.41) is 17.2. The fourth-order valence-electron chi connectivity index (χ4n) is 6.75. The first-order chi connectivity index (χ1) is 23.3. The van der Waals surface area contributed by atoms with E-state index in [2.05, 4.69) is 46.8 Å². The van der Waals surface area contributed by atoms with Gasteiger partial charge in [-0.1, -0.05) is 103 Å². The number of aldehydes is 1. The highest BCUT2D eigenvalue weighted by atomic mass is 16.3. The molecule has 1 amide bonds. The molecule has 0 radical (unpaired) electrons. The average molecular weight is 660 g/mol. The van der Waals surface area contributed by atoms with Crippen molar-refractivity contribution in [2.45, 2.75) is 117 Å². The Balaban J connectivity index is 0.00000193. The van der Waals surface area contributed by atoms with Crippen molar-refractivity contribution < 1.29 is 14.7 Å². The van der Waals surface area contributed by atoms with Crippen molar-refractivity contribution in [2.24, 2.45) is 4.99 Å². The Kier molecular flexibility index (Phi) is 17.5. The van der Waals surface area contributed by atoms with Gasteiger partial charge in [0.2, 0.25) is 5.91 Å². The van der Waals surface area contributed by atoms with Crippen LogP contribution in [-0.2, 0) is 21.4 Å². The number of benzene rings is 1. The summed E-state index contributed by atoms with van der Waals surface area (Å²) in [7, 11) is 3.61. The number of aryl methyl sites for hydroxylation is 1. The third kappa shape index (κ3) is 10.2. The molecule has 2 aliphatic carbocycles. The van der Waals surface area contributed by atoms with Crippen LogP contribution in [0.5, 0.6) is 0 Å². The van der Waals surface area contributed by atoms with Gasteiger partial charge < -0.3 is 20.1 Å². The molecule has 3 N–H and O–H groups in total. The number of hydrogen-bond acceptors (Lipinski definition) is 6. The summed E-state index contributed by atoms with van der Waals surface area (Å²) in [4.78, 5) is 37.0. The summed E-state index contributed by atoms with van der Waals surface area (Å²) in [6.07, 6.45) is 15.5. The summed E-state index contributed by atoms with van der Waals surface area (Å²) in [5.74, 6) is 0.727. The number of likely N-dealkylation sites (N-methyl/N-ethyl adjacent to an activating group) is 2. The number of nitrogens with one attached hydrogen (secondary N) is 2. The molecule has 1 unspecified atom stereocenters. The molecule has 2 aliphatic rings. The Hall–Kier alpha value is -3.62. The minimum atomic E-state index is -0.837. The SMILES string of the molecule is C/C=C1/C[C@](C(=O)NC)(c2cccnc2)C/C1=C/CNC(O)CN(C)C(=NC1(C=O)CCCCC1)c1ccccc1CCC.CC.CC. The van der Waals surface area contributed by atoms with Gasteiger partial charge in [0.15, 0.2) is 0 Å². The molecule has 1 heterocycles. The number of pyridine rings is 1. The zero-order valence-electron chi connectivity index (χ0n) is 30.8. The predicted octanol–water partition coefficient (Wildman–Crippen LogP) is 6.93. The molecule has 2 aromatic rings. The molecule has 1 aromatic heterocycles. The van der Waals surface area contributed by atoms with Crippen LogP contribution in [0.1, 0.15) is 110 Å². The number of nitrogens with zero attached hydrogens (tertiary/aromatic N) is 3. The van der Waals surface area contributed by atoms with Crippen molar-refractivity contribution in [3.8, 4) is 0 Å². The smallest absolute Gasteiger partial charge is 0.231 e. The Morgan fingerprint density at radius 2 is 1.75 bits per heavy atom. The quantitative estimate of drug-likeness (QED) is 0.0988. The van der Waals surface area contributed by atoms with Crippen molar-refractivity contribution in [2.75, 3.05) is 27.2 Å². The summed E-state index contributed by atoms with van der Waals surface area (Å²) in [6.45, 7) is 12.9. The zero-order chi connectivity index (χ0) is 35.6. The number of allylic oxidation sites excluding steroid dienone is 3. The number of aromatic nitrogens is 1. The lowest BCUT2D eigenvalue weighted by Crippen LogP contribution is -2.44. The second-order valence-electron chi connectivity index (χ2n) is 12.2. The van der Waals surface area contributed by atoms with E-state index >= 15 is 0 Å². The number of aliphatic hydroxyl groups is 1. The van der Waals surface area contributed by atoms with Crippen LogP contribution in [0.3, 0.4) is 0 Å². The molecule has 48 heavy (non-hydrogen) atoms. The summed E-state index contributed by atoms with van der Waals surface area (Å²) >= 11 is 0. The normalized spacial score (nSPS) is 21.0. The van der Waals surface area contributed by atoms with Gasteiger partial charge in [-0.15, -0.1) is 0 Å². The first-order valence-electron chi connectivity index (χ1n) is 18.1. The van der Waals surface area contributed by atoms with Gasteiger partial charge >= 0.3 is 0 Å². The van der Waals surface area contributed by atoms with Crippen LogP contribution >= 0.6 is 0 Å². The van der Waals surface area contributed by atoms with E-state index in [1.807, 2.05) is 70.8 Å². The minimum Gasteiger partial charge on any atom is -0.377 e. The van der Waals surface area contributed by atoms with Crippen LogP contribution in [0.2, 0.25) is 0 Å². The molecule has 0 aliphatic heterocycles. The van der Waals surface area contributed by atoms with Crippen molar-refractivity contribution in [1.82, 2.24) is 20.5 Å². The van der Waals surface area contributed by atoms with Gasteiger partial charge in [0.25, 0.3) is 0 Å². The van der Waals surface area contributed by atoms with Crippen molar-refractivity contribution in [1.29, 1.82) is 0 Å². The first kappa shape index (κ1) is 40.6. The van der Waals surface area contributed by atoms with E-state index in [0.717, 1.165) is 79.3 Å². The number of carbonyl (C=O) groups is 2. The van der Waals surface area contributed by atoms with Gasteiger partial charge in [-0.3, -0.25) is 20.1 Å². The van der Waals surface area contributed by atoms with Crippen LogP contribution < -0.4 is 10.6 Å². The van der Waals surface area contributed by atoms with Crippen LogP contribution in [-0.4, -0.2) is 72.0 Å². The van der Waals surface area contributed by atoms with E-state index in [1.165, 1.54) is 5.56 Å². The fraction of sp³-hybridized carbons (Fsp3) is 0.550. The standard InChI is InChI=1S/C36H49N5O3.2C2H6/c1-5-13-28-14-8-9-16-31(28)33(40-35(26-42)18-10-7-11-19-35)41(4)25-32(43)39-21-17-29-23-36(34(44)37-3,22-27(29)6-2)30-15-12-20-38-24-30;2*1-2/h6,8-9,12,14-17,20,24,26,32,39,43H,5,7,10-11,13,18-19,21-23,25H2,1-4H3,(H,37,44);2*1-2H3/b27-6-,29-17-,40-33?;;/t32?,36-;;/m1../s1. The molecule has 2 saturated carbocycles. The second-order valence-corrected chi connectivity index (χ2v) is 12.2. The Morgan fingerprint density at radius 3 is 2.35 bits per heavy atom. The van der Waals surface area contributed by atoms with Crippen molar-refractivity contribution in [3.63, 3.8) is 0 Å². The van der Waals surface area contributed by atoms with Crippen LogP contribution in [0.25, 0.3) is 0 Å². The lowest BCUT2D eigenvalue weighted by Gasteiger charge is -2.33. The van der Waals surface area contributed by atoms with Gasteiger partial charge in [0.05, 0.1) is 12.0 Å². The van der Waals surface area contributed by atoms with E-state index in [1.54, 1.807) is 19.4 Å². The van der Waals surface area contributed by atoms with Gasteiger partial charge in [-0.2, -0.15) is 0 Å². The van der Waals surface area contributed by atoms with Gasteiger partial charge in [-0.05, 0) is 67.4 Å². The van der Waals surface area contributed by atoms with Crippen LogP contribution in [0.4, 0.5) is 0 Å². The Bertz CT molecular complexity index is 1360. The highest BCUT2D eigenvalue weighted by Gasteiger charge is 2.46.